The zero-order valence-electron chi connectivity index (χ0n) is 11.7. The van der Waals surface area contributed by atoms with Crippen LogP contribution in [0.5, 0.6) is 0 Å². The quantitative estimate of drug-likeness (QED) is 0.746. The Labute approximate surface area is 108 Å². The third kappa shape index (κ3) is 4.33. The van der Waals surface area contributed by atoms with E-state index < -0.39 is 0 Å². The number of nitrogens with one attached hydrogen (secondary N) is 2. The fourth-order valence-electron chi connectivity index (χ4n) is 1.20. The van der Waals surface area contributed by atoms with Gasteiger partial charge in [0.05, 0.1) is 6.10 Å². The molecule has 1 unspecified atom stereocenters. The van der Waals surface area contributed by atoms with Gasteiger partial charge in [-0.15, -0.1) is 0 Å². The van der Waals surface area contributed by atoms with E-state index in [0.717, 1.165) is 6.54 Å². The molecule has 0 saturated carbocycles. The van der Waals surface area contributed by atoms with Crippen molar-refractivity contribution in [2.24, 2.45) is 0 Å². The van der Waals surface area contributed by atoms with Gasteiger partial charge in [-0.1, -0.05) is 0 Å². The minimum absolute atomic E-state index is 0.104. The fraction of sp³-hybridized carbons (Fsp3) is 0.727. The van der Waals surface area contributed by atoms with Crippen LogP contribution in [0.25, 0.3) is 0 Å². The maximum Gasteiger partial charge on any atom is 0.231 e. The van der Waals surface area contributed by atoms with Gasteiger partial charge < -0.3 is 20.3 Å². The SMILES string of the molecule is CCNc1nc(NCC(C)OC)nc(N(C)C)n1. The van der Waals surface area contributed by atoms with Crippen molar-refractivity contribution >= 4 is 17.8 Å². The molecule has 1 atom stereocenters. The summed E-state index contributed by atoms with van der Waals surface area (Å²) in [5, 5.41) is 6.22. The molecule has 1 heterocycles. The van der Waals surface area contributed by atoms with Crippen LogP contribution < -0.4 is 15.5 Å². The highest BCUT2D eigenvalue weighted by Gasteiger charge is 2.08. The van der Waals surface area contributed by atoms with E-state index in [9.17, 15) is 0 Å². The Bertz CT molecular complexity index is 371. The maximum absolute atomic E-state index is 5.17. The van der Waals surface area contributed by atoms with Crippen LogP contribution in [0.15, 0.2) is 0 Å². The van der Waals surface area contributed by atoms with Crippen LogP contribution >= 0.6 is 0 Å². The van der Waals surface area contributed by atoms with E-state index in [2.05, 4.69) is 25.6 Å². The average Bonchev–Trinajstić information content (AvgIpc) is 2.36. The molecular weight excluding hydrogens is 232 g/mol. The van der Waals surface area contributed by atoms with Crippen LogP contribution in [0.1, 0.15) is 13.8 Å². The molecule has 0 spiro atoms. The van der Waals surface area contributed by atoms with Gasteiger partial charge in [0.1, 0.15) is 0 Å². The third-order valence-corrected chi connectivity index (χ3v) is 2.31. The van der Waals surface area contributed by atoms with Gasteiger partial charge in [-0.3, -0.25) is 0 Å². The molecule has 1 aromatic rings. The van der Waals surface area contributed by atoms with Gasteiger partial charge in [-0.25, -0.2) is 0 Å². The molecule has 2 N–H and O–H groups in total. The minimum atomic E-state index is 0.104. The molecule has 7 nitrogen and oxygen atoms in total. The molecule has 18 heavy (non-hydrogen) atoms. The average molecular weight is 254 g/mol. The maximum atomic E-state index is 5.17. The largest absolute Gasteiger partial charge is 0.380 e. The van der Waals surface area contributed by atoms with Crippen LogP contribution in [-0.4, -0.2) is 55.4 Å². The number of rotatable bonds is 7. The second-order valence-corrected chi connectivity index (χ2v) is 4.13. The number of hydrogen-bond acceptors (Lipinski definition) is 7. The van der Waals surface area contributed by atoms with Crippen LogP contribution in [-0.2, 0) is 4.74 Å². The van der Waals surface area contributed by atoms with Crippen LogP contribution in [0, 0.1) is 0 Å². The Hall–Kier alpha value is -1.63. The standard InChI is InChI=1S/C11H22N6O/c1-6-12-9-14-10(13-7-8(2)18-5)16-11(15-9)17(3)4/h8H,6-7H2,1-5H3,(H2,12,13,14,15,16). The second-order valence-electron chi connectivity index (χ2n) is 4.13. The Morgan fingerprint density at radius 2 is 1.78 bits per heavy atom. The van der Waals surface area contributed by atoms with E-state index in [1.807, 2.05) is 32.8 Å². The summed E-state index contributed by atoms with van der Waals surface area (Å²) in [6.45, 7) is 5.40. The minimum Gasteiger partial charge on any atom is -0.380 e. The van der Waals surface area contributed by atoms with Crippen molar-refractivity contribution in [3.05, 3.63) is 0 Å². The van der Waals surface area contributed by atoms with Crippen molar-refractivity contribution in [2.75, 3.05) is 49.8 Å². The summed E-state index contributed by atoms with van der Waals surface area (Å²) in [4.78, 5) is 14.7. The number of anilines is 3. The number of ether oxygens (including phenoxy) is 1. The predicted molar refractivity (Wildman–Crippen MR) is 73.3 cm³/mol. The summed E-state index contributed by atoms with van der Waals surface area (Å²) in [5.74, 6) is 1.74. The number of aromatic nitrogens is 3. The van der Waals surface area contributed by atoms with Gasteiger partial charge >= 0.3 is 0 Å². The summed E-state index contributed by atoms with van der Waals surface area (Å²) in [7, 11) is 5.47. The molecule has 1 rings (SSSR count). The van der Waals surface area contributed by atoms with Crippen molar-refractivity contribution in [3.63, 3.8) is 0 Å². The highest BCUT2D eigenvalue weighted by molar-refractivity contribution is 5.42. The topological polar surface area (TPSA) is 75.2 Å². The Kier molecular flexibility index (Phi) is 5.57. The highest BCUT2D eigenvalue weighted by Crippen LogP contribution is 2.11. The molecule has 7 heteroatoms. The fourth-order valence-corrected chi connectivity index (χ4v) is 1.20. The first-order chi connectivity index (χ1) is 8.56. The van der Waals surface area contributed by atoms with Crippen molar-refractivity contribution in [3.8, 4) is 0 Å². The lowest BCUT2D eigenvalue weighted by Gasteiger charge is -2.15. The van der Waals surface area contributed by atoms with E-state index in [1.54, 1.807) is 7.11 Å². The number of hydrogen-bond donors (Lipinski definition) is 2. The zero-order chi connectivity index (χ0) is 13.5. The first-order valence-corrected chi connectivity index (χ1v) is 6.00. The normalized spacial score (nSPS) is 12.1. The predicted octanol–water partition coefficient (Wildman–Crippen LogP) is 0.816. The summed E-state index contributed by atoms with van der Waals surface area (Å²) in [5.41, 5.74) is 0. The first-order valence-electron chi connectivity index (χ1n) is 6.00. The number of methoxy groups -OCH3 is 1. The molecule has 0 fully saturated rings. The Balaban J connectivity index is 2.82. The van der Waals surface area contributed by atoms with E-state index in [4.69, 9.17) is 4.74 Å². The van der Waals surface area contributed by atoms with E-state index in [0.29, 0.717) is 24.4 Å². The lowest BCUT2D eigenvalue weighted by atomic mass is 10.4. The molecule has 1 aromatic heterocycles. The van der Waals surface area contributed by atoms with Gasteiger partial charge in [-0.05, 0) is 13.8 Å². The van der Waals surface area contributed by atoms with Gasteiger partial charge in [-0.2, -0.15) is 15.0 Å². The Morgan fingerprint density at radius 3 is 2.28 bits per heavy atom. The summed E-state index contributed by atoms with van der Waals surface area (Å²) >= 11 is 0. The van der Waals surface area contributed by atoms with E-state index >= 15 is 0 Å². The number of nitrogens with zero attached hydrogens (tertiary/aromatic N) is 4. The monoisotopic (exact) mass is 254 g/mol. The molecule has 0 aromatic carbocycles. The molecule has 0 aliphatic carbocycles. The zero-order valence-corrected chi connectivity index (χ0v) is 11.7. The second kappa shape index (κ2) is 6.95. The molecule has 0 bridgehead atoms. The van der Waals surface area contributed by atoms with Crippen molar-refractivity contribution in [2.45, 2.75) is 20.0 Å². The lowest BCUT2D eigenvalue weighted by molar-refractivity contribution is 0.128. The third-order valence-electron chi connectivity index (χ3n) is 2.31. The van der Waals surface area contributed by atoms with Crippen molar-refractivity contribution in [1.82, 2.24) is 15.0 Å². The van der Waals surface area contributed by atoms with Gasteiger partial charge in [0.25, 0.3) is 0 Å². The molecule has 0 saturated heterocycles. The van der Waals surface area contributed by atoms with Crippen molar-refractivity contribution in [1.29, 1.82) is 0 Å². The van der Waals surface area contributed by atoms with Gasteiger partial charge in [0, 0.05) is 34.3 Å². The smallest absolute Gasteiger partial charge is 0.231 e. The van der Waals surface area contributed by atoms with E-state index in [1.165, 1.54) is 0 Å². The molecule has 0 radical (unpaired) electrons. The highest BCUT2D eigenvalue weighted by atomic mass is 16.5. The Morgan fingerprint density at radius 1 is 1.17 bits per heavy atom. The summed E-state index contributed by atoms with van der Waals surface area (Å²) < 4.78 is 5.17. The first kappa shape index (κ1) is 14.4. The molecule has 102 valence electrons. The molecule has 0 aliphatic rings. The van der Waals surface area contributed by atoms with Gasteiger partial charge in [0.15, 0.2) is 0 Å². The van der Waals surface area contributed by atoms with E-state index in [-0.39, 0.29) is 6.10 Å². The molecule has 0 aliphatic heterocycles. The molecular formula is C11H22N6O. The summed E-state index contributed by atoms with van der Waals surface area (Å²) in [6.07, 6.45) is 0.104. The van der Waals surface area contributed by atoms with Crippen LogP contribution in [0.3, 0.4) is 0 Å². The van der Waals surface area contributed by atoms with Crippen LogP contribution in [0.2, 0.25) is 0 Å². The molecule has 0 amide bonds. The van der Waals surface area contributed by atoms with Gasteiger partial charge in [0.2, 0.25) is 17.8 Å². The summed E-state index contributed by atoms with van der Waals surface area (Å²) in [6, 6.07) is 0. The van der Waals surface area contributed by atoms with Crippen molar-refractivity contribution < 1.29 is 4.74 Å². The van der Waals surface area contributed by atoms with Crippen LogP contribution in [0.4, 0.5) is 17.8 Å². The lowest BCUT2D eigenvalue weighted by Crippen LogP contribution is -2.21.